The van der Waals surface area contributed by atoms with Crippen LogP contribution < -0.4 is 5.32 Å². The van der Waals surface area contributed by atoms with Crippen molar-refractivity contribution in [3.8, 4) is 6.07 Å². The van der Waals surface area contributed by atoms with Crippen molar-refractivity contribution in [2.45, 2.75) is 6.54 Å². The minimum Gasteiger partial charge on any atom is -0.380 e. The SMILES string of the molecule is N#Cc1ccccc1NCc1ccc(F)c(F)c1. The summed E-state index contributed by atoms with van der Waals surface area (Å²) in [5.74, 6) is -1.74. The van der Waals surface area contributed by atoms with E-state index in [4.69, 9.17) is 5.26 Å². The van der Waals surface area contributed by atoms with Crippen LogP contribution in [-0.4, -0.2) is 0 Å². The molecule has 0 saturated heterocycles. The summed E-state index contributed by atoms with van der Waals surface area (Å²) in [6.45, 7) is 0.329. The molecule has 0 spiro atoms. The third-order valence-electron chi connectivity index (χ3n) is 2.51. The van der Waals surface area contributed by atoms with Gasteiger partial charge in [-0.25, -0.2) is 8.78 Å². The fraction of sp³-hybridized carbons (Fsp3) is 0.0714. The average molecular weight is 244 g/mol. The third-order valence-corrected chi connectivity index (χ3v) is 2.51. The van der Waals surface area contributed by atoms with Crippen LogP contribution in [0, 0.1) is 23.0 Å². The molecule has 2 rings (SSSR count). The molecule has 0 fully saturated rings. The summed E-state index contributed by atoms with van der Waals surface area (Å²) < 4.78 is 25.7. The normalized spacial score (nSPS) is 9.83. The van der Waals surface area contributed by atoms with Crippen LogP contribution >= 0.6 is 0 Å². The van der Waals surface area contributed by atoms with Crippen LogP contribution in [0.4, 0.5) is 14.5 Å². The van der Waals surface area contributed by atoms with Gasteiger partial charge in [0.1, 0.15) is 6.07 Å². The number of nitriles is 1. The van der Waals surface area contributed by atoms with Gasteiger partial charge in [0.2, 0.25) is 0 Å². The Balaban J connectivity index is 2.12. The summed E-state index contributed by atoms with van der Waals surface area (Å²) in [6.07, 6.45) is 0. The largest absolute Gasteiger partial charge is 0.380 e. The molecule has 2 aromatic carbocycles. The number of nitrogens with zero attached hydrogens (tertiary/aromatic N) is 1. The smallest absolute Gasteiger partial charge is 0.159 e. The van der Waals surface area contributed by atoms with Gasteiger partial charge in [0.15, 0.2) is 11.6 Å². The predicted molar refractivity (Wildman–Crippen MR) is 64.8 cm³/mol. The van der Waals surface area contributed by atoms with Crippen LogP contribution in [0.1, 0.15) is 11.1 Å². The first-order chi connectivity index (χ1) is 8.70. The van der Waals surface area contributed by atoms with Gasteiger partial charge < -0.3 is 5.32 Å². The number of hydrogen-bond donors (Lipinski definition) is 1. The predicted octanol–water partition coefficient (Wildman–Crippen LogP) is 3.45. The molecule has 0 radical (unpaired) electrons. The van der Waals surface area contributed by atoms with Gasteiger partial charge in [0, 0.05) is 6.54 Å². The number of anilines is 1. The maximum absolute atomic E-state index is 13.0. The zero-order valence-electron chi connectivity index (χ0n) is 9.45. The maximum atomic E-state index is 13.0. The molecule has 90 valence electrons. The van der Waals surface area contributed by atoms with Crippen molar-refractivity contribution in [1.29, 1.82) is 5.26 Å². The Labute approximate surface area is 103 Å². The number of hydrogen-bond acceptors (Lipinski definition) is 2. The van der Waals surface area contributed by atoms with Gasteiger partial charge in [-0.1, -0.05) is 18.2 Å². The number of para-hydroxylation sites is 1. The second-order valence-corrected chi connectivity index (χ2v) is 3.76. The fourth-order valence-electron chi connectivity index (χ4n) is 1.58. The lowest BCUT2D eigenvalue weighted by Gasteiger charge is -2.08. The molecule has 1 N–H and O–H groups in total. The van der Waals surface area contributed by atoms with E-state index in [0.717, 1.165) is 12.1 Å². The zero-order valence-corrected chi connectivity index (χ0v) is 9.45. The van der Waals surface area contributed by atoms with Gasteiger partial charge in [-0.15, -0.1) is 0 Å². The molecule has 0 aliphatic rings. The van der Waals surface area contributed by atoms with Crippen molar-refractivity contribution >= 4 is 5.69 Å². The highest BCUT2D eigenvalue weighted by atomic mass is 19.2. The van der Waals surface area contributed by atoms with Gasteiger partial charge in [-0.3, -0.25) is 0 Å². The maximum Gasteiger partial charge on any atom is 0.159 e. The van der Waals surface area contributed by atoms with E-state index in [1.165, 1.54) is 6.07 Å². The molecule has 0 heterocycles. The molecular weight excluding hydrogens is 234 g/mol. The van der Waals surface area contributed by atoms with Crippen molar-refractivity contribution in [2.24, 2.45) is 0 Å². The third kappa shape index (κ3) is 2.64. The van der Waals surface area contributed by atoms with Crippen molar-refractivity contribution in [3.05, 3.63) is 65.2 Å². The summed E-state index contributed by atoms with van der Waals surface area (Å²) in [5, 5.41) is 11.9. The molecule has 0 aliphatic carbocycles. The van der Waals surface area contributed by atoms with E-state index in [-0.39, 0.29) is 0 Å². The number of benzene rings is 2. The Kier molecular flexibility index (Phi) is 3.54. The zero-order chi connectivity index (χ0) is 13.0. The van der Waals surface area contributed by atoms with E-state index in [9.17, 15) is 8.78 Å². The first-order valence-electron chi connectivity index (χ1n) is 5.37. The first kappa shape index (κ1) is 12.1. The van der Waals surface area contributed by atoms with E-state index in [1.54, 1.807) is 24.3 Å². The standard InChI is InChI=1S/C14H10F2N2/c15-12-6-5-10(7-13(12)16)9-18-14-4-2-1-3-11(14)8-17/h1-7,18H,9H2. The molecule has 0 unspecified atom stereocenters. The van der Waals surface area contributed by atoms with Gasteiger partial charge in [-0.2, -0.15) is 5.26 Å². The topological polar surface area (TPSA) is 35.8 Å². The Morgan fingerprint density at radius 3 is 2.56 bits per heavy atom. The van der Waals surface area contributed by atoms with Crippen LogP contribution in [-0.2, 0) is 6.54 Å². The average Bonchev–Trinajstić information content (AvgIpc) is 2.40. The molecular formula is C14H10F2N2. The Bertz CT molecular complexity index is 603. The lowest BCUT2D eigenvalue weighted by molar-refractivity contribution is 0.507. The summed E-state index contributed by atoms with van der Waals surface area (Å²) in [7, 11) is 0. The van der Waals surface area contributed by atoms with Gasteiger partial charge in [0.25, 0.3) is 0 Å². The van der Waals surface area contributed by atoms with Crippen LogP contribution in [0.15, 0.2) is 42.5 Å². The van der Waals surface area contributed by atoms with Crippen LogP contribution in [0.2, 0.25) is 0 Å². The number of rotatable bonds is 3. The lowest BCUT2D eigenvalue weighted by atomic mass is 10.1. The summed E-state index contributed by atoms with van der Waals surface area (Å²) in [6, 6.07) is 12.8. The number of halogens is 2. The van der Waals surface area contributed by atoms with Crippen molar-refractivity contribution in [1.82, 2.24) is 0 Å². The number of nitrogens with one attached hydrogen (secondary N) is 1. The van der Waals surface area contributed by atoms with Crippen molar-refractivity contribution < 1.29 is 8.78 Å². The van der Waals surface area contributed by atoms with Crippen molar-refractivity contribution in [3.63, 3.8) is 0 Å². The molecule has 18 heavy (non-hydrogen) atoms. The van der Waals surface area contributed by atoms with Crippen molar-refractivity contribution in [2.75, 3.05) is 5.32 Å². The Morgan fingerprint density at radius 2 is 1.83 bits per heavy atom. The van der Waals surface area contributed by atoms with Gasteiger partial charge in [0.05, 0.1) is 11.3 Å². The molecule has 2 nitrogen and oxygen atoms in total. The van der Waals surface area contributed by atoms with Gasteiger partial charge in [-0.05, 0) is 29.8 Å². The molecule has 2 aromatic rings. The van der Waals surface area contributed by atoms with Gasteiger partial charge >= 0.3 is 0 Å². The summed E-state index contributed by atoms with van der Waals surface area (Å²) in [4.78, 5) is 0. The second-order valence-electron chi connectivity index (χ2n) is 3.76. The highest BCUT2D eigenvalue weighted by Gasteiger charge is 2.04. The van der Waals surface area contributed by atoms with E-state index in [1.807, 2.05) is 0 Å². The Morgan fingerprint density at radius 1 is 1.06 bits per heavy atom. The van der Waals surface area contributed by atoms with Crippen LogP contribution in [0.5, 0.6) is 0 Å². The molecule has 4 heteroatoms. The summed E-state index contributed by atoms with van der Waals surface area (Å²) in [5.41, 5.74) is 1.80. The first-order valence-corrected chi connectivity index (χ1v) is 5.37. The molecule has 0 bridgehead atoms. The monoisotopic (exact) mass is 244 g/mol. The molecule has 0 saturated carbocycles. The molecule has 0 aromatic heterocycles. The van der Waals surface area contributed by atoms with E-state index < -0.39 is 11.6 Å². The lowest BCUT2D eigenvalue weighted by Crippen LogP contribution is -2.02. The molecule has 0 amide bonds. The molecule has 0 atom stereocenters. The van der Waals surface area contributed by atoms with E-state index in [2.05, 4.69) is 11.4 Å². The highest BCUT2D eigenvalue weighted by Crippen LogP contribution is 2.15. The Hall–Kier alpha value is -2.41. The van der Waals surface area contributed by atoms with E-state index in [0.29, 0.717) is 23.4 Å². The quantitative estimate of drug-likeness (QED) is 0.897. The molecule has 0 aliphatic heterocycles. The second kappa shape index (κ2) is 5.28. The fourth-order valence-corrected chi connectivity index (χ4v) is 1.58. The van der Waals surface area contributed by atoms with Crippen LogP contribution in [0.25, 0.3) is 0 Å². The van der Waals surface area contributed by atoms with E-state index >= 15 is 0 Å². The minimum absolute atomic E-state index is 0.329. The van der Waals surface area contributed by atoms with Crippen LogP contribution in [0.3, 0.4) is 0 Å². The minimum atomic E-state index is -0.872. The summed E-state index contributed by atoms with van der Waals surface area (Å²) >= 11 is 0. The highest BCUT2D eigenvalue weighted by molar-refractivity contribution is 5.57.